The first-order valence-electron chi connectivity index (χ1n) is 10.1. The van der Waals surface area contributed by atoms with Gasteiger partial charge in [0.2, 0.25) is 0 Å². The number of carbonyl (C=O) groups is 1. The molecule has 0 spiro atoms. The van der Waals surface area contributed by atoms with Crippen molar-refractivity contribution in [1.29, 1.82) is 0 Å². The van der Waals surface area contributed by atoms with Crippen molar-refractivity contribution >= 4 is 6.09 Å². The highest BCUT2D eigenvalue weighted by Gasteiger charge is 2.35. The molecule has 7 heteroatoms. The van der Waals surface area contributed by atoms with Crippen molar-refractivity contribution in [2.75, 3.05) is 59.9 Å². The van der Waals surface area contributed by atoms with E-state index < -0.39 is 0 Å². The molecule has 0 atom stereocenters. The van der Waals surface area contributed by atoms with E-state index in [0.717, 1.165) is 22.3 Å². The Morgan fingerprint density at radius 2 is 1.33 bits per heavy atom. The number of nitrogens with zero attached hydrogens (tertiary/aromatic N) is 1. The lowest BCUT2D eigenvalue weighted by Gasteiger charge is -2.29. The maximum Gasteiger partial charge on any atom is 0.410 e. The van der Waals surface area contributed by atoms with Crippen LogP contribution >= 0.6 is 0 Å². The molecule has 0 aromatic heterocycles. The monoisotopic (exact) mass is 415 g/mol. The Morgan fingerprint density at radius 3 is 1.87 bits per heavy atom. The zero-order valence-electron chi connectivity index (χ0n) is 17.3. The molecule has 0 unspecified atom stereocenters. The topological polar surface area (TPSA) is 77.5 Å². The lowest BCUT2D eigenvalue weighted by atomic mass is 10.0. The molecule has 1 aliphatic carbocycles. The van der Waals surface area contributed by atoms with Gasteiger partial charge in [-0.2, -0.15) is 0 Å². The molecule has 30 heavy (non-hydrogen) atoms. The summed E-state index contributed by atoms with van der Waals surface area (Å²) in [6.07, 6.45) is -0.382. The number of amides is 1. The van der Waals surface area contributed by atoms with Gasteiger partial charge in [-0.05, 0) is 22.3 Å². The van der Waals surface area contributed by atoms with Gasteiger partial charge in [0.25, 0.3) is 0 Å². The Bertz CT molecular complexity index is 766. The maximum atomic E-state index is 12.6. The van der Waals surface area contributed by atoms with Gasteiger partial charge >= 0.3 is 6.09 Å². The van der Waals surface area contributed by atoms with Crippen LogP contribution in [-0.2, 0) is 18.9 Å². The third-order valence-corrected chi connectivity index (χ3v) is 4.98. The van der Waals surface area contributed by atoms with Crippen LogP contribution < -0.4 is 0 Å². The smallest absolute Gasteiger partial charge is 0.410 e. The maximum absolute atomic E-state index is 12.6. The van der Waals surface area contributed by atoms with Crippen molar-refractivity contribution in [2.45, 2.75) is 6.04 Å². The minimum absolute atomic E-state index is 0.00967. The molecule has 0 heterocycles. The average Bonchev–Trinajstić information content (AvgIpc) is 3.11. The van der Waals surface area contributed by atoms with Crippen molar-refractivity contribution < 1.29 is 28.8 Å². The van der Waals surface area contributed by atoms with Crippen LogP contribution in [0.25, 0.3) is 11.1 Å². The van der Waals surface area contributed by atoms with E-state index in [1.165, 1.54) is 7.11 Å². The van der Waals surface area contributed by atoms with Gasteiger partial charge in [-0.1, -0.05) is 48.5 Å². The van der Waals surface area contributed by atoms with Crippen LogP contribution in [0.1, 0.15) is 17.2 Å². The number of aliphatic hydroxyl groups is 1. The van der Waals surface area contributed by atoms with E-state index in [1.807, 2.05) is 24.3 Å². The molecular formula is C23H29NO6. The molecular weight excluding hydrogens is 386 g/mol. The molecule has 0 radical (unpaired) electrons. The summed E-state index contributed by atoms with van der Waals surface area (Å²) >= 11 is 0. The van der Waals surface area contributed by atoms with E-state index in [2.05, 4.69) is 24.3 Å². The number of ether oxygens (including phenoxy) is 4. The van der Waals surface area contributed by atoms with Crippen LogP contribution in [0.4, 0.5) is 4.79 Å². The SMILES string of the molecule is COC(=O)N(CCOCCOCCOCCO)C1c2ccccc2-c2ccccc21. The third-order valence-electron chi connectivity index (χ3n) is 4.98. The van der Waals surface area contributed by atoms with Crippen molar-refractivity contribution in [3.8, 4) is 11.1 Å². The second kappa shape index (κ2) is 11.7. The van der Waals surface area contributed by atoms with Crippen molar-refractivity contribution in [3.63, 3.8) is 0 Å². The summed E-state index contributed by atoms with van der Waals surface area (Å²) in [5.41, 5.74) is 4.47. The Kier molecular flexibility index (Phi) is 8.65. The van der Waals surface area contributed by atoms with E-state index >= 15 is 0 Å². The first-order valence-corrected chi connectivity index (χ1v) is 10.1. The summed E-state index contributed by atoms with van der Waals surface area (Å²) in [7, 11) is 1.40. The average molecular weight is 415 g/mol. The molecule has 2 aromatic rings. The highest BCUT2D eigenvalue weighted by Crippen LogP contribution is 2.46. The molecule has 0 bridgehead atoms. The minimum Gasteiger partial charge on any atom is -0.453 e. The van der Waals surface area contributed by atoms with Crippen LogP contribution in [0, 0.1) is 0 Å². The molecule has 1 amide bonds. The highest BCUT2D eigenvalue weighted by molar-refractivity contribution is 5.81. The molecule has 3 rings (SSSR count). The molecule has 0 saturated carbocycles. The van der Waals surface area contributed by atoms with E-state index in [9.17, 15) is 4.79 Å². The molecule has 7 nitrogen and oxygen atoms in total. The van der Waals surface area contributed by atoms with E-state index in [1.54, 1.807) is 4.90 Å². The highest BCUT2D eigenvalue weighted by atomic mass is 16.6. The second-order valence-corrected chi connectivity index (χ2v) is 6.80. The van der Waals surface area contributed by atoms with Crippen molar-refractivity contribution in [2.24, 2.45) is 0 Å². The Morgan fingerprint density at radius 1 is 0.833 bits per heavy atom. The molecule has 162 valence electrons. The summed E-state index contributed by atoms with van der Waals surface area (Å²) in [5, 5.41) is 8.63. The largest absolute Gasteiger partial charge is 0.453 e. The molecule has 0 aliphatic heterocycles. The number of hydrogen-bond acceptors (Lipinski definition) is 6. The Labute approximate surface area is 177 Å². The number of benzene rings is 2. The van der Waals surface area contributed by atoms with Crippen molar-refractivity contribution in [1.82, 2.24) is 4.90 Å². The zero-order valence-corrected chi connectivity index (χ0v) is 17.3. The summed E-state index contributed by atoms with van der Waals surface area (Å²) in [5.74, 6) is 0. The lowest BCUT2D eigenvalue weighted by molar-refractivity contribution is 0.00368. The number of methoxy groups -OCH3 is 1. The first-order chi connectivity index (χ1) is 14.8. The Balaban J connectivity index is 1.56. The molecule has 1 N–H and O–H groups in total. The number of fused-ring (bicyclic) bond motifs is 3. The third kappa shape index (κ3) is 5.37. The summed E-state index contributed by atoms with van der Waals surface area (Å²) in [6, 6.07) is 16.1. The fourth-order valence-corrected chi connectivity index (χ4v) is 3.68. The van der Waals surface area contributed by atoms with E-state index in [0.29, 0.717) is 46.2 Å². The number of aliphatic hydroxyl groups excluding tert-OH is 1. The van der Waals surface area contributed by atoms with Gasteiger partial charge in [-0.15, -0.1) is 0 Å². The van der Waals surface area contributed by atoms with Gasteiger partial charge in [-0.25, -0.2) is 4.79 Å². The summed E-state index contributed by atoms with van der Waals surface area (Å²) in [6.45, 7) is 2.86. The quantitative estimate of drug-likeness (QED) is 0.537. The second-order valence-electron chi connectivity index (χ2n) is 6.80. The number of rotatable bonds is 12. The standard InChI is InChI=1S/C23H29NO6/c1-27-23(26)24(10-12-28-14-16-30-17-15-29-13-11-25)22-20-8-4-2-6-18(20)19-7-3-5-9-21(19)22/h2-9,22,25H,10-17H2,1H3. The minimum atomic E-state index is -0.382. The van der Waals surface area contributed by atoms with E-state index in [4.69, 9.17) is 24.1 Å². The first kappa shape index (κ1) is 22.2. The van der Waals surface area contributed by atoms with Crippen molar-refractivity contribution in [3.05, 3.63) is 59.7 Å². The normalized spacial score (nSPS) is 12.5. The predicted octanol–water partition coefficient (Wildman–Crippen LogP) is 2.87. The van der Waals surface area contributed by atoms with Gasteiger partial charge in [0.15, 0.2) is 0 Å². The zero-order chi connectivity index (χ0) is 21.2. The van der Waals surface area contributed by atoms with E-state index in [-0.39, 0.29) is 18.7 Å². The van der Waals surface area contributed by atoms with Gasteiger partial charge in [0.05, 0.1) is 59.4 Å². The van der Waals surface area contributed by atoms with Gasteiger partial charge in [0, 0.05) is 6.54 Å². The summed E-state index contributed by atoms with van der Waals surface area (Å²) in [4.78, 5) is 14.3. The van der Waals surface area contributed by atoms with Crippen LogP contribution in [0.2, 0.25) is 0 Å². The van der Waals surface area contributed by atoms with Gasteiger partial charge < -0.3 is 24.1 Å². The van der Waals surface area contributed by atoms with Crippen LogP contribution in [0.15, 0.2) is 48.5 Å². The molecule has 0 saturated heterocycles. The molecule has 1 aliphatic rings. The molecule has 0 fully saturated rings. The van der Waals surface area contributed by atoms with Crippen LogP contribution in [-0.4, -0.2) is 76.0 Å². The van der Waals surface area contributed by atoms with Gasteiger partial charge in [0.1, 0.15) is 0 Å². The molecule has 2 aromatic carbocycles. The lowest BCUT2D eigenvalue weighted by Crippen LogP contribution is -2.37. The predicted molar refractivity (Wildman–Crippen MR) is 112 cm³/mol. The number of hydrogen-bond donors (Lipinski definition) is 1. The van der Waals surface area contributed by atoms with Gasteiger partial charge in [-0.3, -0.25) is 4.90 Å². The van der Waals surface area contributed by atoms with Crippen LogP contribution in [0.5, 0.6) is 0 Å². The summed E-state index contributed by atoms with van der Waals surface area (Å²) < 4.78 is 21.3. The number of carbonyl (C=O) groups excluding carboxylic acids is 1. The fraction of sp³-hybridized carbons (Fsp3) is 0.435. The fourth-order valence-electron chi connectivity index (χ4n) is 3.68. The Hall–Kier alpha value is -2.45. The van der Waals surface area contributed by atoms with Crippen LogP contribution in [0.3, 0.4) is 0 Å².